The van der Waals surface area contributed by atoms with Crippen molar-refractivity contribution in [2.45, 2.75) is 104 Å². The van der Waals surface area contributed by atoms with Gasteiger partial charge in [0.05, 0.1) is 0 Å². The number of hydrogen-bond acceptors (Lipinski definition) is 6. The van der Waals surface area contributed by atoms with Crippen molar-refractivity contribution < 1.29 is 4.79 Å². The molecular weight excluding hydrogens is 424 g/mol. The molecule has 0 unspecified atom stereocenters. The molecule has 0 atom stereocenters. The quantitative estimate of drug-likeness (QED) is 0.143. The van der Waals surface area contributed by atoms with Crippen molar-refractivity contribution in [3.63, 3.8) is 0 Å². The van der Waals surface area contributed by atoms with Crippen LogP contribution in [-0.2, 0) is 4.79 Å². The summed E-state index contributed by atoms with van der Waals surface area (Å²) in [6, 6.07) is 0. The second-order valence-corrected chi connectivity index (χ2v) is 10.3. The van der Waals surface area contributed by atoms with E-state index in [4.69, 9.17) is 0 Å². The summed E-state index contributed by atoms with van der Waals surface area (Å²) >= 11 is 3.29. The number of thioether (sulfide) groups is 1. The van der Waals surface area contributed by atoms with E-state index < -0.39 is 0 Å². The molecule has 1 rings (SSSR count). The lowest BCUT2D eigenvalue weighted by molar-refractivity contribution is -0.116. The van der Waals surface area contributed by atoms with E-state index in [1.165, 1.54) is 82.0 Å². The van der Waals surface area contributed by atoms with E-state index in [1.54, 1.807) is 0 Å². The van der Waals surface area contributed by atoms with Gasteiger partial charge >= 0.3 is 0 Å². The van der Waals surface area contributed by atoms with Gasteiger partial charge < -0.3 is 10.6 Å². The highest BCUT2D eigenvalue weighted by Gasteiger charge is 2.07. The van der Waals surface area contributed by atoms with Gasteiger partial charge in [0.25, 0.3) is 0 Å². The summed E-state index contributed by atoms with van der Waals surface area (Å²) in [6.45, 7) is 5.29. The predicted molar refractivity (Wildman–Crippen MR) is 139 cm³/mol. The summed E-state index contributed by atoms with van der Waals surface area (Å²) < 4.78 is 0. The molecule has 0 saturated carbocycles. The number of hydrogen-bond donors (Lipinski definition) is 2. The van der Waals surface area contributed by atoms with E-state index in [2.05, 4.69) is 46.8 Å². The predicted octanol–water partition coefficient (Wildman–Crippen LogP) is 7.68. The maximum absolute atomic E-state index is 12.0. The Morgan fingerprint density at radius 3 is 2.16 bits per heavy atom. The Hall–Kier alpha value is -1.08. The molecule has 0 spiro atoms. The molecular formula is C24H44N4OS2. The van der Waals surface area contributed by atoms with Crippen molar-refractivity contribution in [3.8, 4) is 0 Å². The van der Waals surface area contributed by atoms with E-state index in [0.29, 0.717) is 11.6 Å². The second kappa shape index (κ2) is 20.8. The molecule has 5 nitrogen and oxygen atoms in total. The monoisotopic (exact) mass is 468 g/mol. The highest BCUT2D eigenvalue weighted by atomic mass is 32.2. The number of nitrogens with zero attached hydrogens (tertiary/aromatic N) is 2. The number of anilines is 2. The van der Waals surface area contributed by atoms with E-state index in [1.807, 2.05) is 11.8 Å². The number of allylic oxidation sites excluding steroid dienone is 2. The number of amides is 1. The van der Waals surface area contributed by atoms with Crippen LogP contribution in [0, 0.1) is 0 Å². The van der Waals surface area contributed by atoms with Crippen molar-refractivity contribution in [1.29, 1.82) is 0 Å². The SMILES string of the molecule is CCCCCCCCC=CCCCCCCCC(=O)Nc1nnc(NCCSCC)s1. The number of carbonyl (C=O) groups excluding carboxylic acids is 1. The van der Waals surface area contributed by atoms with Crippen molar-refractivity contribution in [2.24, 2.45) is 0 Å². The summed E-state index contributed by atoms with van der Waals surface area (Å²) in [4.78, 5) is 12.0. The molecule has 0 aliphatic rings. The van der Waals surface area contributed by atoms with Crippen LogP contribution in [0.3, 0.4) is 0 Å². The molecule has 2 N–H and O–H groups in total. The van der Waals surface area contributed by atoms with Gasteiger partial charge in [-0.05, 0) is 37.9 Å². The van der Waals surface area contributed by atoms with Gasteiger partial charge in [-0.2, -0.15) is 11.8 Å². The Morgan fingerprint density at radius 2 is 1.48 bits per heavy atom. The largest absolute Gasteiger partial charge is 0.359 e. The average Bonchev–Trinajstić information content (AvgIpc) is 3.21. The molecule has 0 saturated heterocycles. The normalized spacial score (nSPS) is 11.3. The minimum Gasteiger partial charge on any atom is -0.359 e. The lowest BCUT2D eigenvalue weighted by atomic mass is 10.1. The Labute approximate surface area is 198 Å². The number of carbonyl (C=O) groups is 1. The third-order valence-electron chi connectivity index (χ3n) is 5.06. The minimum absolute atomic E-state index is 0.0434. The molecule has 1 amide bonds. The topological polar surface area (TPSA) is 66.9 Å². The molecule has 0 aromatic carbocycles. The van der Waals surface area contributed by atoms with Crippen LogP contribution >= 0.6 is 23.1 Å². The zero-order chi connectivity index (χ0) is 22.4. The summed E-state index contributed by atoms with van der Waals surface area (Å²) in [6.07, 6.45) is 21.7. The molecule has 0 aliphatic carbocycles. The summed E-state index contributed by atoms with van der Waals surface area (Å²) in [7, 11) is 0. The van der Waals surface area contributed by atoms with Crippen LogP contribution in [0.4, 0.5) is 10.3 Å². The van der Waals surface area contributed by atoms with E-state index >= 15 is 0 Å². The highest BCUT2D eigenvalue weighted by Crippen LogP contribution is 2.20. The summed E-state index contributed by atoms with van der Waals surface area (Å²) in [5.74, 6) is 2.21. The highest BCUT2D eigenvalue weighted by molar-refractivity contribution is 7.99. The zero-order valence-corrected chi connectivity index (χ0v) is 21.4. The average molecular weight is 469 g/mol. The van der Waals surface area contributed by atoms with Crippen molar-refractivity contribution in [1.82, 2.24) is 10.2 Å². The first-order valence-corrected chi connectivity index (χ1v) is 14.3. The number of rotatable bonds is 21. The van der Waals surface area contributed by atoms with Crippen LogP contribution in [0.1, 0.15) is 104 Å². The molecule has 178 valence electrons. The smallest absolute Gasteiger partial charge is 0.226 e. The standard InChI is InChI=1S/C24H44N4OS2/c1-3-5-6-7-8-9-10-11-12-13-14-15-16-17-18-19-22(29)26-24-28-27-23(31-24)25-20-21-30-4-2/h11-12H,3-10,13-21H2,1-2H3,(H,25,27)(H,26,28,29). The van der Waals surface area contributed by atoms with Crippen LogP contribution in [0.5, 0.6) is 0 Å². The second-order valence-electron chi connectivity index (χ2n) is 7.92. The number of nitrogens with one attached hydrogen (secondary N) is 2. The number of unbranched alkanes of at least 4 members (excludes halogenated alkanes) is 11. The first-order valence-electron chi connectivity index (χ1n) is 12.4. The molecule has 0 radical (unpaired) electrons. The third-order valence-corrected chi connectivity index (χ3v) is 6.76. The Morgan fingerprint density at radius 1 is 0.871 bits per heavy atom. The van der Waals surface area contributed by atoms with Gasteiger partial charge in [-0.1, -0.05) is 88.7 Å². The molecule has 1 aromatic heterocycles. The summed E-state index contributed by atoms with van der Waals surface area (Å²) in [5, 5.41) is 15.6. The maximum Gasteiger partial charge on any atom is 0.226 e. The fraction of sp³-hybridized carbons (Fsp3) is 0.792. The van der Waals surface area contributed by atoms with Gasteiger partial charge in [0.1, 0.15) is 0 Å². The van der Waals surface area contributed by atoms with E-state index in [-0.39, 0.29) is 5.91 Å². The van der Waals surface area contributed by atoms with Gasteiger partial charge in [0, 0.05) is 18.7 Å². The lowest BCUT2D eigenvalue weighted by Crippen LogP contribution is -2.10. The summed E-state index contributed by atoms with van der Waals surface area (Å²) in [5.41, 5.74) is 0. The fourth-order valence-electron chi connectivity index (χ4n) is 3.26. The van der Waals surface area contributed by atoms with Gasteiger partial charge in [-0.3, -0.25) is 4.79 Å². The van der Waals surface area contributed by atoms with Crippen molar-refractivity contribution in [2.75, 3.05) is 28.7 Å². The van der Waals surface area contributed by atoms with Crippen LogP contribution in [0.2, 0.25) is 0 Å². The Kier molecular flexibility index (Phi) is 18.8. The van der Waals surface area contributed by atoms with Gasteiger partial charge in [0.15, 0.2) is 0 Å². The van der Waals surface area contributed by atoms with Crippen LogP contribution in [0.15, 0.2) is 12.2 Å². The maximum atomic E-state index is 12.0. The van der Waals surface area contributed by atoms with E-state index in [0.717, 1.165) is 36.0 Å². The molecule has 0 fully saturated rings. The van der Waals surface area contributed by atoms with Crippen LogP contribution < -0.4 is 10.6 Å². The zero-order valence-electron chi connectivity index (χ0n) is 19.8. The molecule has 0 bridgehead atoms. The fourth-order valence-corrected chi connectivity index (χ4v) is 4.48. The Bertz CT molecular complexity index is 578. The minimum atomic E-state index is 0.0434. The van der Waals surface area contributed by atoms with Gasteiger partial charge in [0.2, 0.25) is 16.2 Å². The van der Waals surface area contributed by atoms with Crippen LogP contribution in [0.25, 0.3) is 0 Å². The molecule has 0 aliphatic heterocycles. The third kappa shape index (κ3) is 17.2. The van der Waals surface area contributed by atoms with E-state index in [9.17, 15) is 4.79 Å². The molecule has 7 heteroatoms. The first-order chi connectivity index (χ1) is 15.3. The van der Waals surface area contributed by atoms with Crippen molar-refractivity contribution >= 4 is 39.3 Å². The molecule has 1 aromatic rings. The molecule has 1 heterocycles. The van der Waals surface area contributed by atoms with Gasteiger partial charge in [-0.25, -0.2) is 0 Å². The van der Waals surface area contributed by atoms with Gasteiger partial charge in [-0.15, -0.1) is 10.2 Å². The Balaban J connectivity index is 1.91. The molecule has 31 heavy (non-hydrogen) atoms. The van der Waals surface area contributed by atoms with Crippen LogP contribution in [-0.4, -0.2) is 34.2 Å². The first kappa shape index (κ1) is 28.0. The lowest BCUT2D eigenvalue weighted by Gasteiger charge is -2.02. The number of aromatic nitrogens is 2. The van der Waals surface area contributed by atoms with Crippen molar-refractivity contribution in [3.05, 3.63) is 12.2 Å².